The molecule has 6 heteroatoms. The number of pyridine rings is 3. The highest BCUT2D eigenvalue weighted by Crippen LogP contribution is 2.40. The summed E-state index contributed by atoms with van der Waals surface area (Å²) < 4.78 is 11.2. The number of hydrogen-bond donors (Lipinski definition) is 0. The lowest BCUT2D eigenvalue weighted by Gasteiger charge is -2.15. The van der Waals surface area contributed by atoms with Crippen LogP contribution in [-0.2, 0) is 0 Å². The van der Waals surface area contributed by atoms with Gasteiger partial charge in [0, 0.05) is 27.7 Å². The molecule has 11 rings (SSSR count). The topological polar surface area (TPSA) is 56.7 Å². The van der Waals surface area contributed by atoms with Gasteiger partial charge in [0.15, 0.2) is 0 Å². The van der Waals surface area contributed by atoms with Gasteiger partial charge in [-0.1, -0.05) is 48.0 Å². The lowest BCUT2D eigenvalue weighted by Crippen LogP contribution is -1.95. The molecule has 52 heavy (non-hydrogen) atoms. The van der Waals surface area contributed by atoms with Crippen molar-refractivity contribution in [2.75, 3.05) is 0 Å². The van der Waals surface area contributed by atoms with Gasteiger partial charge in [-0.2, -0.15) is 0 Å². The predicted molar refractivity (Wildman–Crippen MR) is 213 cm³/mol. The van der Waals surface area contributed by atoms with Crippen LogP contribution in [0.15, 0.2) is 134 Å². The molecule has 0 spiro atoms. The Labute approximate surface area is 298 Å². The van der Waals surface area contributed by atoms with Crippen molar-refractivity contribution in [1.29, 1.82) is 0 Å². The molecule has 0 aliphatic rings. The first-order chi connectivity index (χ1) is 25.5. The number of nitrogens with zero attached hydrogens (tertiary/aromatic N) is 5. The standard InChI is InChI=1S/C46H31N5O/c1-26-21-27(2)43(28(3)22-26)29-14-19-39-34(23-29)32-17-15-30(24-35(32)45-48-37-9-4-6-11-40(37)50(39)45)52-31-16-18-33-36(25-31)46-49-38-10-5-7-12-41(38)51(46)42-13-8-20-47-44(33)42/h4-25H,1-3H3. The molecule has 0 bridgehead atoms. The van der Waals surface area contributed by atoms with Crippen molar-refractivity contribution in [2.24, 2.45) is 0 Å². The molecule has 0 amide bonds. The summed E-state index contributed by atoms with van der Waals surface area (Å²) in [6.45, 7) is 6.58. The quantitative estimate of drug-likeness (QED) is 0.176. The molecule has 0 radical (unpaired) electrons. The maximum absolute atomic E-state index is 6.71. The van der Waals surface area contributed by atoms with E-state index < -0.39 is 0 Å². The van der Waals surface area contributed by atoms with Crippen LogP contribution in [0.2, 0.25) is 0 Å². The summed E-state index contributed by atoms with van der Waals surface area (Å²) in [6.07, 6.45) is 1.85. The number of para-hydroxylation sites is 4. The molecule has 0 atom stereocenters. The van der Waals surface area contributed by atoms with Gasteiger partial charge in [-0.05, 0) is 133 Å². The Morgan fingerprint density at radius 1 is 0.481 bits per heavy atom. The summed E-state index contributed by atoms with van der Waals surface area (Å²) in [6, 6.07) is 44.7. The van der Waals surface area contributed by atoms with E-state index in [0.717, 1.165) is 83.0 Å². The van der Waals surface area contributed by atoms with Crippen LogP contribution in [0.1, 0.15) is 16.7 Å². The predicted octanol–water partition coefficient (Wildman–Crippen LogP) is 11.7. The van der Waals surface area contributed by atoms with E-state index in [2.05, 4.69) is 133 Å². The van der Waals surface area contributed by atoms with E-state index >= 15 is 0 Å². The Bertz CT molecular complexity index is 3290. The van der Waals surface area contributed by atoms with Crippen molar-refractivity contribution >= 4 is 76.8 Å². The Morgan fingerprint density at radius 2 is 1.08 bits per heavy atom. The van der Waals surface area contributed by atoms with Crippen LogP contribution in [0.4, 0.5) is 0 Å². The van der Waals surface area contributed by atoms with E-state index in [-0.39, 0.29) is 0 Å². The molecule has 0 fully saturated rings. The molecule has 6 aromatic carbocycles. The molecule has 0 saturated heterocycles. The highest BCUT2D eigenvalue weighted by atomic mass is 16.5. The van der Waals surface area contributed by atoms with Crippen molar-refractivity contribution < 1.29 is 4.74 Å². The average Bonchev–Trinajstić information content (AvgIpc) is 3.75. The van der Waals surface area contributed by atoms with Crippen LogP contribution in [0, 0.1) is 20.8 Å². The Hall–Kier alpha value is -6.79. The number of hydrogen-bond acceptors (Lipinski definition) is 4. The normalized spacial score (nSPS) is 12.1. The SMILES string of the molecule is Cc1cc(C)c(-c2ccc3c(c2)c2ccc(Oc4ccc5c(c4)c4nc6ccccc6n4c4cccnc54)cc2c2nc4ccccc4n32)c(C)c1. The molecule has 6 nitrogen and oxygen atoms in total. The number of aromatic nitrogens is 5. The first-order valence-electron chi connectivity index (χ1n) is 17.6. The molecule has 0 aliphatic heterocycles. The lowest BCUT2D eigenvalue weighted by atomic mass is 9.92. The average molecular weight is 670 g/mol. The Kier molecular flexibility index (Phi) is 5.91. The largest absolute Gasteiger partial charge is 0.457 e. The number of fused-ring (bicyclic) bond motifs is 16. The molecule has 0 N–H and O–H groups in total. The van der Waals surface area contributed by atoms with Crippen LogP contribution in [0.25, 0.3) is 88.0 Å². The molecule has 5 heterocycles. The zero-order valence-corrected chi connectivity index (χ0v) is 28.8. The second kappa shape index (κ2) is 10.6. The van der Waals surface area contributed by atoms with Gasteiger partial charge in [-0.3, -0.25) is 13.8 Å². The van der Waals surface area contributed by atoms with E-state index in [1.54, 1.807) is 0 Å². The van der Waals surface area contributed by atoms with Gasteiger partial charge < -0.3 is 4.74 Å². The molecule has 0 aliphatic carbocycles. The van der Waals surface area contributed by atoms with Gasteiger partial charge in [0.1, 0.15) is 22.8 Å². The Balaban J connectivity index is 1.12. The highest BCUT2D eigenvalue weighted by molar-refractivity contribution is 6.15. The summed E-state index contributed by atoms with van der Waals surface area (Å²) in [5.41, 5.74) is 15.3. The minimum Gasteiger partial charge on any atom is -0.457 e. The fourth-order valence-corrected chi connectivity index (χ4v) is 8.54. The number of rotatable bonds is 3. The first kappa shape index (κ1) is 29.0. The van der Waals surface area contributed by atoms with E-state index in [1.165, 1.54) is 33.2 Å². The van der Waals surface area contributed by atoms with Gasteiger partial charge in [-0.25, -0.2) is 9.97 Å². The van der Waals surface area contributed by atoms with Crippen LogP contribution in [-0.4, -0.2) is 23.8 Å². The third-order valence-corrected chi connectivity index (χ3v) is 10.6. The van der Waals surface area contributed by atoms with E-state index in [4.69, 9.17) is 19.7 Å². The summed E-state index contributed by atoms with van der Waals surface area (Å²) in [7, 11) is 0. The third-order valence-electron chi connectivity index (χ3n) is 10.6. The summed E-state index contributed by atoms with van der Waals surface area (Å²) in [5, 5.41) is 5.37. The number of aryl methyl sites for hydroxylation is 3. The number of ether oxygens (including phenoxy) is 1. The van der Waals surface area contributed by atoms with E-state index in [1.807, 2.05) is 30.5 Å². The lowest BCUT2D eigenvalue weighted by molar-refractivity contribution is 0.484. The monoisotopic (exact) mass is 669 g/mol. The minimum atomic E-state index is 0.731. The van der Waals surface area contributed by atoms with Crippen LogP contribution in [0.5, 0.6) is 11.5 Å². The van der Waals surface area contributed by atoms with Crippen molar-refractivity contribution in [3.63, 3.8) is 0 Å². The zero-order chi connectivity index (χ0) is 34.7. The van der Waals surface area contributed by atoms with E-state index in [9.17, 15) is 0 Å². The van der Waals surface area contributed by atoms with E-state index in [0.29, 0.717) is 0 Å². The molecule has 5 aromatic heterocycles. The van der Waals surface area contributed by atoms with Crippen molar-refractivity contribution in [3.05, 3.63) is 150 Å². The maximum Gasteiger partial charge on any atom is 0.146 e. The van der Waals surface area contributed by atoms with Crippen molar-refractivity contribution in [1.82, 2.24) is 23.8 Å². The van der Waals surface area contributed by atoms with Gasteiger partial charge in [0.05, 0.1) is 38.6 Å². The second-order valence-corrected chi connectivity index (χ2v) is 13.9. The van der Waals surface area contributed by atoms with Gasteiger partial charge >= 0.3 is 0 Å². The summed E-state index contributed by atoms with van der Waals surface area (Å²) in [5.74, 6) is 1.47. The third kappa shape index (κ3) is 4.09. The van der Waals surface area contributed by atoms with Crippen molar-refractivity contribution in [2.45, 2.75) is 20.8 Å². The summed E-state index contributed by atoms with van der Waals surface area (Å²) >= 11 is 0. The number of imidazole rings is 2. The molecule has 0 unspecified atom stereocenters. The maximum atomic E-state index is 6.71. The fraction of sp³-hybridized carbons (Fsp3) is 0.0652. The van der Waals surface area contributed by atoms with Gasteiger partial charge in [0.2, 0.25) is 0 Å². The van der Waals surface area contributed by atoms with Crippen LogP contribution < -0.4 is 4.74 Å². The van der Waals surface area contributed by atoms with Crippen molar-refractivity contribution in [3.8, 4) is 22.6 Å². The van der Waals surface area contributed by atoms with Crippen LogP contribution >= 0.6 is 0 Å². The smallest absolute Gasteiger partial charge is 0.146 e. The molecule has 11 aromatic rings. The minimum absolute atomic E-state index is 0.731. The molecular weight excluding hydrogens is 639 g/mol. The first-order valence-corrected chi connectivity index (χ1v) is 17.6. The highest BCUT2D eigenvalue weighted by Gasteiger charge is 2.18. The van der Waals surface area contributed by atoms with Gasteiger partial charge in [-0.15, -0.1) is 0 Å². The molecule has 0 saturated carbocycles. The Morgan fingerprint density at radius 3 is 1.77 bits per heavy atom. The second-order valence-electron chi connectivity index (χ2n) is 13.9. The molecular formula is C46H31N5O. The summed E-state index contributed by atoms with van der Waals surface area (Å²) in [4.78, 5) is 15.1. The van der Waals surface area contributed by atoms with Crippen LogP contribution in [0.3, 0.4) is 0 Å². The van der Waals surface area contributed by atoms with Gasteiger partial charge in [0.25, 0.3) is 0 Å². The molecule has 246 valence electrons. The zero-order valence-electron chi connectivity index (χ0n) is 28.8. The fourth-order valence-electron chi connectivity index (χ4n) is 8.54. The number of benzene rings is 6.